The Morgan fingerprint density at radius 2 is 1.88 bits per heavy atom. The summed E-state index contributed by atoms with van der Waals surface area (Å²) in [5, 5.41) is 6.83. The van der Waals surface area contributed by atoms with Crippen LogP contribution in [-0.4, -0.2) is 37.5 Å². The van der Waals surface area contributed by atoms with Crippen LogP contribution in [0, 0.1) is 6.92 Å². The highest BCUT2D eigenvalue weighted by molar-refractivity contribution is 5.79. The van der Waals surface area contributed by atoms with Gasteiger partial charge in [0.05, 0.1) is 12.3 Å². The van der Waals surface area contributed by atoms with E-state index in [1.165, 1.54) is 11.1 Å². The molecule has 0 fully saturated rings. The van der Waals surface area contributed by atoms with E-state index >= 15 is 0 Å². The van der Waals surface area contributed by atoms with E-state index in [4.69, 9.17) is 4.42 Å². The molecule has 5 heteroatoms. The number of nitrogens with one attached hydrogen (secondary N) is 2. The maximum atomic E-state index is 5.65. The fourth-order valence-electron chi connectivity index (χ4n) is 2.96. The van der Waals surface area contributed by atoms with E-state index in [0.29, 0.717) is 0 Å². The van der Waals surface area contributed by atoms with Gasteiger partial charge in [-0.3, -0.25) is 9.89 Å². The van der Waals surface area contributed by atoms with Crippen LogP contribution in [0.1, 0.15) is 36.8 Å². The normalized spacial score (nSPS) is 13.1. The number of hydrogen-bond donors (Lipinski definition) is 2. The highest BCUT2D eigenvalue weighted by Gasteiger charge is 2.20. The van der Waals surface area contributed by atoms with Crippen molar-refractivity contribution in [2.45, 2.75) is 33.4 Å². The summed E-state index contributed by atoms with van der Waals surface area (Å²) < 4.78 is 5.65. The van der Waals surface area contributed by atoms with Crippen molar-refractivity contribution in [2.75, 3.05) is 26.7 Å². The number of benzene rings is 1. The zero-order valence-electron chi connectivity index (χ0n) is 15.7. The highest BCUT2D eigenvalue weighted by atomic mass is 16.3. The number of aliphatic imine (C=N–C) groups is 1. The molecule has 0 aliphatic rings. The highest BCUT2D eigenvalue weighted by Crippen LogP contribution is 2.20. The smallest absolute Gasteiger partial charge is 0.191 e. The average Bonchev–Trinajstić information content (AvgIpc) is 3.16. The van der Waals surface area contributed by atoms with Gasteiger partial charge in [-0.15, -0.1) is 0 Å². The predicted octanol–water partition coefficient (Wildman–Crippen LogP) is 3.34. The molecule has 2 rings (SSSR count). The Bertz CT molecular complexity index is 647. The van der Waals surface area contributed by atoms with Gasteiger partial charge in [-0.05, 0) is 43.3 Å². The van der Waals surface area contributed by atoms with Crippen LogP contribution < -0.4 is 10.6 Å². The SMILES string of the molecule is CCN(CC)C(CNC(=NC)NCc1ccccc1C)c1ccco1. The molecule has 25 heavy (non-hydrogen) atoms. The number of guanidine groups is 1. The predicted molar refractivity (Wildman–Crippen MR) is 104 cm³/mol. The number of rotatable bonds is 8. The second-order valence-corrected chi connectivity index (χ2v) is 5.99. The molecule has 2 aromatic rings. The number of aryl methyl sites for hydroxylation is 1. The molecule has 1 unspecified atom stereocenters. The first kappa shape index (κ1) is 19.1. The topological polar surface area (TPSA) is 52.8 Å². The second kappa shape index (κ2) is 9.89. The van der Waals surface area contributed by atoms with Crippen LogP contribution in [0.2, 0.25) is 0 Å². The molecule has 0 bridgehead atoms. The van der Waals surface area contributed by atoms with Gasteiger partial charge in [-0.1, -0.05) is 38.1 Å². The maximum absolute atomic E-state index is 5.65. The van der Waals surface area contributed by atoms with Crippen molar-refractivity contribution < 1.29 is 4.42 Å². The Morgan fingerprint density at radius 3 is 2.48 bits per heavy atom. The van der Waals surface area contributed by atoms with E-state index in [2.05, 4.69) is 65.6 Å². The van der Waals surface area contributed by atoms with Crippen molar-refractivity contribution >= 4 is 5.96 Å². The quantitative estimate of drug-likeness (QED) is 0.571. The van der Waals surface area contributed by atoms with Gasteiger partial charge in [-0.2, -0.15) is 0 Å². The number of hydrogen-bond acceptors (Lipinski definition) is 3. The van der Waals surface area contributed by atoms with Crippen LogP contribution in [0.25, 0.3) is 0 Å². The maximum Gasteiger partial charge on any atom is 0.191 e. The van der Waals surface area contributed by atoms with Gasteiger partial charge in [0.2, 0.25) is 0 Å². The minimum atomic E-state index is 0.182. The molecule has 0 spiro atoms. The molecule has 0 amide bonds. The second-order valence-electron chi connectivity index (χ2n) is 5.99. The van der Waals surface area contributed by atoms with E-state index in [0.717, 1.165) is 37.9 Å². The van der Waals surface area contributed by atoms with Crippen molar-refractivity contribution in [3.05, 3.63) is 59.5 Å². The third-order valence-corrected chi connectivity index (χ3v) is 4.52. The Morgan fingerprint density at radius 1 is 1.12 bits per heavy atom. The minimum absolute atomic E-state index is 0.182. The monoisotopic (exact) mass is 342 g/mol. The largest absolute Gasteiger partial charge is 0.468 e. The summed E-state index contributed by atoms with van der Waals surface area (Å²) in [6.45, 7) is 9.90. The van der Waals surface area contributed by atoms with E-state index in [1.807, 2.05) is 12.1 Å². The first-order valence-electron chi connectivity index (χ1n) is 8.96. The molecule has 1 aromatic heterocycles. The molecule has 1 atom stereocenters. The summed E-state index contributed by atoms with van der Waals surface area (Å²) in [5.41, 5.74) is 2.55. The van der Waals surface area contributed by atoms with Gasteiger partial charge in [0.25, 0.3) is 0 Å². The van der Waals surface area contributed by atoms with Crippen molar-refractivity contribution in [3.63, 3.8) is 0 Å². The molecule has 136 valence electrons. The van der Waals surface area contributed by atoms with Gasteiger partial charge in [0.1, 0.15) is 5.76 Å². The lowest BCUT2D eigenvalue weighted by atomic mass is 10.1. The molecule has 5 nitrogen and oxygen atoms in total. The molecule has 2 N–H and O–H groups in total. The van der Waals surface area contributed by atoms with Gasteiger partial charge in [-0.25, -0.2) is 0 Å². The number of likely N-dealkylation sites (N-methyl/N-ethyl adjacent to an activating group) is 1. The van der Waals surface area contributed by atoms with Crippen LogP contribution in [0.5, 0.6) is 0 Å². The van der Waals surface area contributed by atoms with Crippen molar-refractivity contribution in [3.8, 4) is 0 Å². The van der Waals surface area contributed by atoms with Gasteiger partial charge >= 0.3 is 0 Å². The molecule has 1 aromatic carbocycles. The van der Waals surface area contributed by atoms with E-state index in [-0.39, 0.29) is 6.04 Å². The molecule has 0 radical (unpaired) electrons. The molecular formula is C20H30N4O. The summed E-state index contributed by atoms with van der Waals surface area (Å²) in [6, 6.07) is 12.5. The van der Waals surface area contributed by atoms with Gasteiger partial charge in [0, 0.05) is 20.1 Å². The van der Waals surface area contributed by atoms with E-state index in [9.17, 15) is 0 Å². The van der Waals surface area contributed by atoms with E-state index < -0.39 is 0 Å². The Hall–Kier alpha value is -2.27. The summed E-state index contributed by atoms with van der Waals surface area (Å²) in [6.07, 6.45) is 1.73. The van der Waals surface area contributed by atoms with Crippen molar-refractivity contribution in [2.24, 2.45) is 4.99 Å². The van der Waals surface area contributed by atoms with Crippen molar-refractivity contribution in [1.82, 2.24) is 15.5 Å². The van der Waals surface area contributed by atoms with Crippen LogP contribution in [0.3, 0.4) is 0 Å². The fourth-order valence-corrected chi connectivity index (χ4v) is 2.96. The Balaban J connectivity index is 1.96. The summed E-state index contributed by atoms with van der Waals surface area (Å²) >= 11 is 0. The van der Waals surface area contributed by atoms with Gasteiger partial charge < -0.3 is 15.1 Å². The van der Waals surface area contributed by atoms with Crippen LogP contribution in [0.4, 0.5) is 0 Å². The number of nitrogens with zero attached hydrogens (tertiary/aromatic N) is 2. The standard InChI is InChI=1S/C20H30N4O/c1-5-24(6-2)18(19-12-9-13-25-19)15-23-20(21-4)22-14-17-11-8-7-10-16(17)3/h7-13,18H,5-6,14-15H2,1-4H3,(H2,21,22,23). The molecule has 0 saturated heterocycles. The molecular weight excluding hydrogens is 312 g/mol. The summed E-state index contributed by atoms with van der Waals surface area (Å²) in [5.74, 6) is 1.78. The Kier molecular flexibility index (Phi) is 7.54. The third kappa shape index (κ3) is 5.36. The minimum Gasteiger partial charge on any atom is -0.468 e. The van der Waals surface area contributed by atoms with Crippen LogP contribution in [0.15, 0.2) is 52.1 Å². The summed E-state index contributed by atoms with van der Waals surface area (Å²) in [7, 11) is 1.80. The lowest BCUT2D eigenvalue weighted by molar-refractivity contribution is 0.193. The van der Waals surface area contributed by atoms with E-state index in [1.54, 1.807) is 13.3 Å². The number of furan rings is 1. The van der Waals surface area contributed by atoms with Crippen molar-refractivity contribution in [1.29, 1.82) is 0 Å². The molecule has 0 aliphatic carbocycles. The fraction of sp³-hybridized carbons (Fsp3) is 0.450. The van der Waals surface area contributed by atoms with Gasteiger partial charge in [0.15, 0.2) is 5.96 Å². The van der Waals surface area contributed by atoms with Crippen LogP contribution in [-0.2, 0) is 6.54 Å². The molecule has 0 aliphatic heterocycles. The van der Waals surface area contributed by atoms with Crippen LogP contribution >= 0.6 is 0 Å². The average molecular weight is 342 g/mol. The lowest BCUT2D eigenvalue weighted by Gasteiger charge is -2.28. The zero-order chi connectivity index (χ0) is 18.1. The first-order chi connectivity index (χ1) is 12.2. The lowest BCUT2D eigenvalue weighted by Crippen LogP contribution is -2.43. The zero-order valence-corrected chi connectivity index (χ0v) is 15.7. The Labute approximate surface area is 151 Å². The summed E-state index contributed by atoms with van der Waals surface area (Å²) in [4.78, 5) is 6.72. The molecule has 1 heterocycles. The molecule has 0 saturated carbocycles. The third-order valence-electron chi connectivity index (χ3n) is 4.52. The first-order valence-corrected chi connectivity index (χ1v) is 8.96.